The number of hydrazine groups is 1. The summed E-state index contributed by atoms with van der Waals surface area (Å²) in [5.74, 6) is -0.0249. The van der Waals surface area contributed by atoms with Crippen molar-refractivity contribution in [3.8, 4) is 0 Å². The maximum Gasteiger partial charge on any atom is 0.273 e. The normalized spacial score (nSPS) is 17.1. The molecule has 3 rings (SSSR count). The van der Waals surface area contributed by atoms with Crippen molar-refractivity contribution in [1.29, 1.82) is 0 Å². The van der Waals surface area contributed by atoms with E-state index in [9.17, 15) is 18.0 Å². The van der Waals surface area contributed by atoms with Crippen LogP contribution in [0.5, 0.6) is 0 Å². The van der Waals surface area contributed by atoms with Crippen LogP contribution in [0, 0.1) is 13.8 Å². The van der Waals surface area contributed by atoms with Gasteiger partial charge in [-0.1, -0.05) is 12.1 Å². The van der Waals surface area contributed by atoms with Crippen molar-refractivity contribution in [2.45, 2.75) is 31.7 Å². The van der Waals surface area contributed by atoms with Gasteiger partial charge in [-0.25, -0.2) is 8.42 Å². The van der Waals surface area contributed by atoms with Crippen molar-refractivity contribution >= 4 is 27.7 Å². The quantitative estimate of drug-likeness (QED) is 0.667. The number of rotatable bonds is 3. The Kier molecular flexibility index (Phi) is 4.75. The molecule has 142 valence electrons. The van der Waals surface area contributed by atoms with Gasteiger partial charge in [-0.2, -0.15) is 0 Å². The molecule has 27 heavy (non-hydrogen) atoms. The molecule has 1 aliphatic heterocycles. The molecule has 3 N–H and O–H groups in total. The molecule has 0 fully saturated rings. The van der Waals surface area contributed by atoms with Gasteiger partial charge in [0.15, 0.2) is 0 Å². The lowest BCUT2D eigenvalue weighted by Gasteiger charge is -2.10. The number of carbonyl (C=O) groups is 2. The van der Waals surface area contributed by atoms with E-state index in [1.165, 1.54) is 13.0 Å². The first-order valence-corrected chi connectivity index (χ1v) is 9.54. The fourth-order valence-corrected chi connectivity index (χ4v) is 3.87. The van der Waals surface area contributed by atoms with E-state index in [-0.39, 0.29) is 10.7 Å². The zero-order valence-corrected chi connectivity index (χ0v) is 15.7. The monoisotopic (exact) mass is 390 g/mol. The second-order valence-electron chi connectivity index (χ2n) is 6.03. The smallest absolute Gasteiger partial charge is 0.273 e. The fraction of sp³-hybridized carbons (Fsp3) is 0.235. The first-order chi connectivity index (χ1) is 12.7. The molecule has 0 saturated carbocycles. The van der Waals surface area contributed by atoms with Crippen molar-refractivity contribution in [3.05, 3.63) is 53.0 Å². The van der Waals surface area contributed by atoms with E-state index >= 15 is 0 Å². The lowest BCUT2D eigenvalue weighted by Crippen LogP contribution is -2.45. The number of nitrogens with zero attached hydrogens (tertiary/aromatic N) is 1. The highest BCUT2D eigenvalue weighted by molar-refractivity contribution is 7.90. The third-order valence-electron chi connectivity index (χ3n) is 3.95. The van der Waals surface area contributed by atoms with Crippen LogP contribution in [-0.4, -0.2) is 32.1 Å². The van der Waals surface area contributed by atoms with E-state index < -0.39 is 27.9 Å². The van der Waals surface area contributed by atoms with Gasteiger partial charge in [0.2, 0.25) is 0 Å². The topological polar surface area (TPSA) is 130 Å². The lowest BCUT2D eigenvalue weighted by atomic mass is 10.2. The molecule has 0 spiro atoms. The van der Waals surface area contributed by atoms with Crippen LogP contribution in [0.4, 0.5) is 0 Å². The van der Waals surface area contributed by atoms with Gasteiger partial charge in [-0.3, -0.25) is 30.2 Å². The van der Waals surface area contributed by atoms with Crippen LogP contribution < -0.4 is 15.6 Å². The van der Waals surface area contributed by atoms with Gasteiger partial charge < -0.3 is 4.42 Å². The van der Waals surface area contributed by atoms with Crippen LogP contribution in [0.2, 0.25) is 0 Å². The summed E-state index contributed by atoms with van der Waals surface area (Å²) in [5, 5.41) is 0. The number of sulfonamides is 1. The van der Waals surface area contributed by atoms with Crippen LogP contribution in [0.1, 0.15) is 34.4 Å². The molecule has 9 nitrogen and oxygen atoms in total. The molecule has 2 amide bonds. The van der Waals surface area contributed by atoms with Gasteiger partial charge >= 0.3 is 0 Å². The number of aryl methyl sites for hydroxylation is 2. The summed E-state index contributed by atoms with van der Waals surface area (Å²) >= 11 is 0. The summed E-state index contributed by atoms with van der Waals surface area (Å²) in [4.78, 5) is 28.5. The maximum absolute atomic E-state index is 12.2. The summed E-state index contributed by atoms with van der Waals surface area (Å²) in [6, 6.07) is 6.96. The molecule has 2 heterocycles. The van der Waals surface area contributed by atoms with Gasteiger partial charge in [0, 0.05) is 5.56 Å². The number of amides is 2. The van der Waals surface area contributed by atoms with E-state index in [1.807, 2.05) is 0 Å². The zero-order valence-electron chi connectivity index (χ0n) is 14.9. The number of carbonyl (C=O) groups excluding carboxylic acids is 2. The summed E-state index contributed by atoms with van der Waals surface area (Å²) in [6.45, 7) is 4.83. The Morgan fingerprint density at radius 1 is 1.19 bits per heavy atom. The Balaban J connectivity index is 1.69. The molecule has 1 atom stereocenters. The van der Waals surface area contributed by atoms with Crippen molar-refractivity contribution in [1.82, 2.24) is 15.6 Å². The highest BCUT2D eigenvalue weighted by Crippen LogP contribution is 2.22. The molecule has 0 aliphatic carbocycles. The van der Waals surface area contributed by atoms with E-state index in [2.05, 4.69) is 20.6 Å². The minimum atomic E-state index is -3.68. The SMILES string of the molecule is Cc1cc(C(=O)NNC(=O)[C@@H](C)N=C2NS(=O)(=O)c3ccccc32)c(C)o1. The van der Waals surface area contributed by atoms with Crippen molar-refractivity contribution in [2.24, 2.45) is 4.99 Å². The third-order valence-corrected chi connectivity index (χ3v) is 5.35. The number of aliphatic imine (C=N–C) groups is 1. The van der Waals surface area contributed by atoms with E-state index in [4.69, 9.17) is 4.42 Å². The largest absolute Gasteiger partial charge is 0.466 e. The highest BCUT2D eigenvalue weighted by atomic mass is 32.2. The minimum absolute atomic E-state index is 0.0841. The van der Waals surface area contributed by atoms with Crippen molar-refractivity contribution in [3.63, 3.8) is 0 Å². The van der Waals surface area contributed by atoms with Crippen molar-refractivity contribution < 1.29 is 22.4 Å². The molecule has 1 aliphatic rings. The highest BCUT2D eigenvalue weighted by Gasteiger charge is 2.31. The summed E-state index contributed by atoms with van der Waals surface area (Å²) in [5.41, 5.74) is 5.26. The molecule has 1 aromatic heterocycles. The fourth-order valence-electron chi connectivity index (χ4n) is 2.63. The first kappa shape index (κ1) is 18.6. The zero-order chi connectivity index (χ0) is 19.8. The van der Waals surface area contributed by atoms with Crippen molar-refractivity contribution in [2.75, 3.05) is 0 Å². The van der Waals surface area contributed by atoms with Crippen LogP contribution in [-0.2, 0) is 14.8 Å². The van der Waals surface area contributed by atoms with Gasteiger partial charge in [-0.05, 0) is 39.0 Å². The molecule has 0 saturated heterocycles. The Morgan fingerprint density at radius 3 is 2.56 bits per heavy atom. The van der Waals surface area contributed by atoms with Crippen LogP contribution in [0.15, 0.2) is 44.6 Å². The number of furan rings is 1. The Hall–Kier alpha value is -3.14. The Morgan fingerprint density at radius 2 is 1.89 bits per heavy atom. The van der Waals surface area contributed by atoms with Crippen LogP contribution in [0.3, 0.4) is 0 Å². The van der Waals surface area contributed by atoms with Gasteiger partial charge in [-0.15, -0.1) is 0 Å². The predicted octanol–water partition coefficient (Wildman–Crippen LogP) is 0.785. The van der Waals surface area contributed by atoms with E-state index in [0.29, 0.717) is 22.6 Å². The first-order valence-electron chi connectivity index (χ1n) is 8.06. The Bertz CT molecular complexity index is 1060. The molecule has 0 bridgehead atoms. The average Bonchev–Trinajstić information content (AvgIpc) is 3.08. The summed E-state index contributed by atoms with van der Waals surface area (Å²) in [6.07, 6.45) is 0. The summed E-state index contributed by atoms with van der Waals surface area (Å²) < 4.78 is 31.7. The van der Waals surface area contributed by atoms with E-state index in [0.717, 1.165) is 0 Å². The average molecular weight is 390 g/mol. The number of fused-ring (bicyclic) bond motifs is 1. The second kappa shape index (κ2) is 6.88. The molecular weight excluding hydrogens is 372 g/mol. The number of hydrogen-bond donors (Lipinski definition) is 3. The number of amidine groups is 1. The number of nitrogens with one attached hydrogen (secondary N) is 3. The number of benzene rings is 1. The standard InChI is InChI=1S/C17H18N4O5S/c1-9-8-13(11(3)26-9)17(23)20-19-16(22)10(2)18-15-12-6-4-5-7-14(12)27(24,25)21-15/h4-8,10H,1-3H3,(H,18,21)(H,19,22)(H,20,23)/t10-/m1/s1. The van der Waals surface area contributed by atoms with Crippen LogP contribution in [0.25, 0.3) is 0 Å². The lowest BCUT2D eigenvalue weighted by molar-refractivity contribution is -0.122. The Labute approximate surface area is 155 Å². The maximum atomic E-state index is 12.2. The molecule has 2 aromatic rings. The number of hydrogen-bond acceptors (Lipinski definition) is 6. The summed E-state index contributed by atoms with van der Waals surface area (Å²) in [7, 11) is -3.68. The van der Waals surface area contributed by atoms with Gasteiger partial charge in [0.25, 0.3) is 21.8 Å². The molecular formula is C17H18N4O5S. The van der Waals surface area contributed by atoms with Gasteiger partial charge in [0.05, 0.1) is 10.5 Å². The molecule has 0 radical (unpaired) electrons. The molecule has 1 aromatic carbocycles. The van der Waals surface area contributed by atoms with Crippen LogP contribution >= 0.6 is 0 Å². The minimum Gasteiger partial charge on any atom is -0.466 e. The van der Waals surface area contributed by atoms with Gasteiger partial charge in [0.1, 0.15) is 23.4 Å². The molecule has 0 unspecified atom stereocenters. The van der Waals surface area contributed by atoms with E-state index in [1.54, 1.807) is 38.1 Å². The third kappa shape index (κ3) is 3.70. The molecule has 10 heteroatoms. The predicted molar refractivity (Wildman–Crippen MR) is 96.6 cm³/mol. The second-order valence-corrected chi connectivity index (χ2v) is 7.68.